The first kappa shape index (κ1) is 19.4. The Morgan fingerprint density at radius 1 is 1.20 bits per heavy atom. The zero-order chi connectivity index (χ0) is 18.1. The number of hydrogen-bond donors (Lipinski definition) is 2. The highest BCUT2D eigenvalue weighted by atomic mass is 32.1. The first-order valence-corrected chi connectivity index (χ1v) is 9.87. The van der Waals surface area contributed by atoms with Crippen molar-refractivity contribution < 1.29 is 14.4 Å². The van der Waals surface area contributed by atoms with E-state index in [1.54, 1.807) is 6.07 Å². The van der Waals surface area contributed by atoms with E-state index in [4.69, 9.17) is 0 Å². The molecule has 1 fully saturated rings. The van der Waals surface area contributed by atoms with Gasteiger partial charge in [0.1, 0.15) is 0 Å². The van der Waals surface area contributed by atoms with E-state index in [0.717, 1.165) is 25.8 Å². The van der Waals surface area contributed by atoms with Gasteiger partial charge in [0.05, 0.1) is 4.88 Å². The molecule has 0 radical (unpaired) electrons. The van der Waals surface area contributed by atoms with Crippen molar-refractivity contribution >= 4 is 29.1 Å². The lowest BCUT2D eigenvalue weighted by Gasteiger charge is -2.31. The average molecular weight is 365 g/mol. The molecule has 0 unspecified atom stereocenters. The van der Waals surface area contributed by atoms with Crippen LogP contribution in [0, 0.1) is 5.92 Å². The Kier molecular flexibility index (Phi) is 7.91. The van der Waals surface area contributed by atoms with Gasteiger partial charge in [-0.15, -0.1) is 11.3 Å². The second-order valence-electron chi connectivity index (χ2n) is 6.28. The van der Waals surface area contributed by atoms with Gasteiger partial charge in [-0.1, -0.05) is 13.0 Å². The van der Waals surface area contributed by atoms with Gasteiger partial charge in [-0.25, -0.2) is 0 Å². The number of piperidine rings is 1. The number of rotatable bonds is 8. The predicted molar refractivity (Wildman–Crippen MR) is 98.5 cm³/mol. The summed E-state index contributed by atoms with van der Waals surface area (Å²) in [7, 11) is 0. The third kappa shape index (κ3) is 6.16. The van der Waals surface area contributed by atoms with Crippen LogP contribution in [-0.2, 0) is 9.59 Å². The maximum atomic E-state index is 12.2. The second kappa shape index (κ2) is 10.2. The molecule has 25 heavy (non-hydrogen) atoms. The van der Waals surface area contributed by atoms with Gasteiger partial charge in [0, 0.05) is 38.5 Å². The van der Waals surface area contributed by atoms with Gasteiger partial charge < -0.3 is 15.5 Å². The number of carbonyl (C=O) groups is 3. The SMILES string of the molecule is CCCNC(=O)C1CCN(C(=O)CCCNC(=O)c2cccs2)CC1. The molecule has 1 saturated heterocycles. The van der Waals surface area contributed by atoms with Crippen molar-refractivity contribution in [2.75, 3.05) is 26.2 Å². The highest BCUT2D eigenvalue weighted by Gasteiger charge is 2.26. The molecule has 1 aliphatic rings. The number of thiophene rings is 1. The Morgan fingerprint density at radius 3 is 2.60 bits per heavy atom. The van der Waals surface area contributed by atoms with Crippen molar-refractivity contribution in [2.24, 2.45) is 5.92 Å². The standard InChI is InChI=1S/C18H27N3O3S/c1-2-9-19-17(23)14-7-11-21(12-8-14)16(22)6-3-10-20-18(24)15-5-4-13-25-15/h4-5,13-14H,2-3,6-12H2,1H3,(H,19,23)(H,20,24). The Labute approximate surface area is 153 Å². The molecule has 0 bridgehead atoms. The molecular formula is C18H27N3O3S. The van der Waals surface area contributed by atoms with Crippen LogP contribution in [0.3, 0.4) is 0 Å². The fourth-order valence-electron chi connectivity index (χ4n) is 2.88. The lowest BCUT2D eigenvalue weighted by atomic mass is 9.95. The molecule has 2 rings (SSSR count). The number of amides is 3. The van der Waals surface area contributed by atoms with Crippen molar-refractivity contribution in [1.82, 2.24) is 15.5 Å². The molecule has 1 aromatic heterocycles. The minimum atomic E-state index is -0.0821. The van der Waals surface area contributed by atoms with E-state index in [2.05, 4.69) is 10.6 Å². The smallest absolute Gasteiger partial charge is 0.261 e. The van der Waals surface area contributed by atoms with Crippen LogP contribution in [0.2, 0.25) is 0 Å². The molecule has 0 spiro atoms. The topological polar surface area (TPSA) is 78.5 Å². The fourth-order valence-corrected chi connectivity index (χ4v) is 3.52. The summed E-state index contributed by atoms with van der Waals surface area (Å²) in [5, 5.41) is 7.63. The van der Waals surface area contributed by atoms with E-state index < -0.39 is 0 Å². The minimum absolute atomic E-state index is 0.0284. The average Bonchev–Trinajstić information content (AvgIpc) is 3.18. The molecule has 0 aromatic carbocycles. The van der Waals surface area contributed by atoms with E-state index >= 15 is 0 Å². The van der Waals surface area contributed by atoms with Crippen LogP contribution in [0.1, 0.15) is 48.7 Å². The van der Waals surface area contributed by atoms with Crippen molar-refractivity contribution in [2.45, 2.75) is 39.0 Å². The van der Waals surface area contributed by atoms with Gasteiger partial charge in [0.2, 0.25) is 11.8 Å². The first-order valence-electron chi connectivity index (χ1n) is 8.99. The fraction of sp³-hybridized carbons (Fsp3) is 0.611. The van der Waals surface area contributed by atoms with E-state index in [9.17, 15) is 14.4 Å². The summed E-state index contributed by atoms with van der Waals surface area (Å²) in [6.45, 7) is 4.53. The van der Waals surface area contributed by atoms with Crippen LogP contribution in [0.25, 0.3) is 0 Å². The normalized spacial score (nSPS) is 15.0. The first-order chi connectivity index (χ1) is 12.1. The summed E-state index contributed by atoms with van der Waals surface area (Å²) < 4.78 is 0. The highest BCUT2D eigenvalue weighted by molar-refractivity contribution is 7.12. The van der Waals surface area contributed by atoms with Gasteiger partial charge in [0.25, 0.3) is 5.91 Å². The maximum absolute atomic E-state index is 12.2. The monoisotopic (exact) mass is 365 g/mol. The Balaban J connectivity index is 1.60. The van der Waals surface area contributed by atoms with Crippen LogP contribution in [0.4, 0.5) is 0 Å². The lowest BCUT2D eigenvalue weighted by molar-refractivity contribution is -0.135. The summed E-state index contributed by atoms with van der Waals surface area (Å²) in [6, 6.07) is 3.63. The third-order valence-corrected chi connectivity index (χ3v) is 5.23. The molecular weight excluding hydrogens is 338 g/mol. The number of hydrogen-bond acceptors (Lipinski definition) is 4. The van der Waals surface area contributed by atoms with E-state index in [0.29, 0.717) is 37.4 Å². The molecule has 0 atom stereocenters. The number of nitrogens with one attached hydrogen (secondary N) is 2. The molecule has 7 heteroatoms. The van der Waals surface area contributed by atoms with Gasteiger partial charge in [-0.05, 0) is 37.1 Å². The minimum Gasteiger partial charge on any atom is -0.356 e. The van der Waals surface area contributed by atoms with Crippen LogP contribution < -0.4 is 10.6 Å². The molecule has 6 nitrogen and oxygen atoms in total. The Bertz CT molecular complexity index is 566. The molecule has 3 amide bonds. The molecule has 2 N–H and O–H groups in total. The van der Waals surface area contributed by atoms with Crippen LogP contribution >= 0.6 is 11.3 Å². The van der Waals surface area contributed by atoms with E-state index in [-0.39, 0.29) is 23.6 Å². The summed E-state index contributed by atoms with van der Waals surface area (Å²) in [4.78, 5) is 38.5. The van der Waals surface area contributed by atoms with E-state index in [1.807, 2.05) is 23.3 Å². The lowest BCUT2D eigenvalue weighted by Crippen LogP contribution is -2.43. The van der Waals surface area contributed by atoms with Gasteiger partial charge in [-0.2, -0.15) is 0 Å². The van der Waals surface area contributed by atoms with Crippen LogP contribution in [0.15, 0.2) is 17.5 Å². The largest absolute Gasteiger partial charge is 0.356 e. The maximum Gasteiger partial charge on any atom is 0.261 e. The zero-order valence-corrected chi connectivity index (χ0v) is 15.6. The molecule has 1 aliphatic heterocycles. The third-order valence-electron chi connectivity index (χ3n) is 4.37. The number of carbonyl (C=O) groups excluding carboxylic acids is 3. The Morgan fingerprint density at radius 2 is 1.96 bits per heavy atom. The van der Waals surface area contributed by atoms with Gasteiger partial charge in [0.15, 0.2) is 0 Å². The van der Waals surface area contributed by atoms with Crippen molar-refractivity contribution in [3.05, 3.63) is 22.4 Å². The van der Waals surface area contributed by atoms with Crippen LogP contribution in [0.5, 0.6) is 0 Å². The zero-order valence-electron chi connectivity index (χ0n) is 14.8. The molecule has 0 saturated carbocycles. The van der Waals surface area contributed by atoms with Crippen molar-refractivity contribution in [1.29, 1.82) is 0 Å². The molecule has 1 aromatic rings. The molecule has 138 valence electrons. The predicted octanol–water partition coefficient (Wildman–Crippen LogP) is 2.02. The van der Waals surface area contributed by atoms with E-state index in [1.165, 1.54) is 11.3 Å². The van der Waals surface area contributed by atoms with Gasteiger partial charge >= 0.3 is 0 Å². The van der Waals surface area contributed by atoms with Gasteiger partial charge in [-0.3, -0.25) is 14.4 Å². The number of likely N-dealkylation sites (tertiary alicyclic amines) is 1. The molecule has 0 aliphatic carbocycles. The molecule has 2 heterocycles. The summed E-state index contributed by atoms with van der Waals surface area (Å²) in [5.41, 5.74) is 0. The quantitative estimate of drug-likeness (QED) is 0.692. The summed E-state index contributed by atoms with van der Waals surface area (Å²) >= 11 is 1.41. The highest BCUT2D eigenvalue weighted by Crippen LogP contribution is 2.18. The summed E-state index contributed by atoms with van der Waals surface area (Å²) in [5.74, 6) is 0.171. The number of nitrogens with zero attached hydrogens (tertiary/aromatic N) is 1. The van der Waals surface area contributed by atoms with Crippen LogP contribution in [-0.4, -0.2) is 48.8 Å². The van der Waals surface area contributed by atoms with Crippen molar-refractivity contribution in [3.8, 4) is 0 Å². The Hall–Kier alpha value is -1.89. The summed E-state index contributed by atoms with van der Waals surface area (Å²) in [6.07, 6.45) is 3.46. The second-order valence-corrected chi connectivity index (χ2v) is 7.23. The van der Waals surface area contributed by atoms with Crippen molar-refractivity contribution in [3.63, 3.8) is 0 Å².